The third-order valence-corrected chi connectivity index (χ3v) is 1.94. The predicted molar refractivity (Wildman–Crippen MR) is 54.5 cm³/mol. The summed E-state index contributed by atoms with van der Waals surface area (Å²) in [5.74, 6) is -2.44. The highest BCUT2D eigenvalue weighted by molar-refractivity contribution is 5.89. The van der Waals surface area contributed by atoms with Crippen molar-refractivity contribution in [2.24, 2.45) is 5.73 Å². The van der Waals surface area contributed by atoms with E-state index in [1.54, 1.807) is 6.92 Å². The Morgan fingerprint density at radius 3 is 2.38 bits per heavy atom. The zero-order valence-corrected chi connectivity index (χ0v) is 9.23. The van der Waals surface area contributed by atoms with E-state index >= 15 is 0 Å². The molecular weight excluding hydrogens is 216 g/mol. The van der Waals surface area contributed by atoms with Crippen LogP contribution in [0, 0.1) is 0 Å². The number of nitrogens with two attached hydrogens (primary N) is 1. The van der Waals surface area contributed by atoms with Crippen LogP contribution in [0.2, 0.25) is 0 Å². The van der Waals surface area contributed by atoms with Crippen LogP contribution >= 0.6 is 0 Å². The van der Waals surface area contributed by atoms with Crippen molar-refractivity contribution in [2.45, 2.75) is 31.8 Å². The SMILES string of the molecule is CC[C@H](NC(=O)[C@H](N)CC(=O)O)C(=O)OC. The monoisotopic (exact) mass is 232 g/mol. The van der Waals surface area contributed by atoms with Gasteiger partial charge in [0, 0.05) is 0 Å². The summed E-state index contributed by atoms with van der Waals surface area (Å²) in [6.45, 7) is 1.69. The molecule has 2 atom stereocenters. The average Bonchev–Trinajstić information content (AvgIpc) is 2.23. The molecule has 0 aromatic heterocycles. The van der Waals surface area contributed by atoms with Crippen LogP contribution in [0.15, 0.2) is 0 Å². The Balaban J connectivity index is 4.29. The lowest BCUT2D eigenvalue weighted by Crippen LogP contribution is -2.49. The van der Waals surface area contributed by atoms with Crippen molar-refractivity contribution in [1.82, 2.24) is 5.32 Å². The fraction of sp³-hybridized carbons (Fsp3) is 0.667. The second kappa shape index (κ2) is 6.78. The number of esters is 1. The number of hydrogen-bond acceptors (Lipinski definition) is 5. The van der Waals surface area contributed by atoms with E-state index in [4.69, 9.17) is 10.8 Å². The highest BCUT2D eigenvalue weighted by Crippen LogP contribution is 1.96. The first-order valence-electron chi connectivity index (χ1n) is 4.77. The maximum absolute atomic E-state index is 11.4. The molecule has 0 radical (unpaired) electrons. The minimum atomic E-state index is -1.17. The summed E-state index contributed by atoms with van der Waals surface area (Å²) in [5.41, 5.74) is 5.32. The molecule has 0 fully saturated rings. The number of amides is 1. The quantitative estimate of drug-likeness (QED) is 0.498. The van der Waals surface area contributed by atoms with Crippen LogP contribution in [-0.2, 0) is 19.1 Å². The number of rotatable bonds is 6. The zero-order chi connectivity index (χ0) is 12.7. The first-order valence-corrected chi connectivity index (χ1v) is 4.77. The first-order chi connectivity index (χ1) is 7.42. The number of carbonyl (C=O) groups is 3. The van der Waals surface area contributed by atoms with Crippen LogP contribution in [-0.4, -0.2) is 42.1 Å². The molecule has 0 bridgehead atoms. The van der Waals surface area contributed by atoms with E-state index < -0.39 is 36.4 Å². The van der Waals surface area contributed by atoms with Crippen molar-refractivity contribution in [3.8, 4) is 0 Å². The molecule has 7 heteroatoms. The van der Waals surface area contributed by atoms with Gasteiger partial charge in [0.2, 0.25) is 5.91 Å². The summed E-state index contributed by atoms with van der Waals surface area (Å²) in [6.07, 6.45) is -0.137. The van der Waals surface area contributed by atoms with Gasteiger partial charge in [-0.05, 0) is 6.42 Å². The topological polar surface area (TPSA) is 119 Å². The lowest BCUT2D eigenvalue weighted by molar-refractivity contribution is -0.145. The summed E-state index contributed by atoms with van der Waals surface area (Å²) in [6, 6.07) is -1.96. The number of carboxylic acid groups (broad SMARTS) is 1. The van der Waals surface area contributed by atoms with Crippen molar-refractivity contribution in [1.29, 1.82) is 0 Å². The predicted octanol–water partition coefficient (Wildman–Crippen LogP) is -1.14. The summed E-state index contributed by atoms with van der Waals surface area (Å²) in [4.78, 5) is 32.8. The molecule has 0 aliphatic rings. The Kier molecular flexibility index (Phi) is 6.09. The fourth-order valence-electron chi connectivity index (χ4n) is 1.03. The lowest BCUT2D eigenvalue weighted by Gasteiger charge is -2.16. The highest BCUT2D eigenvalue weighted by Gasteiger charge is 2.23. The Morgan fingerprint density at radius 1 is 1.44 bits per heavy atom. The number of aliphatic carboxylic acids is 1. The van der Waals surface area contributed by atoms with Crippen LogP contribution in [0.25, 0.3) is 0 Å². The summed E-state index contributed by atoms with van der Waals surface area (Å²) in [5, 5.41) is 10.7. The summed E-state index contributed by atoms with van der Waals surface area (Å²) >= 11 is 0. The number of hydrogen-bond donors (Lipinski definition) is 3. The van der Waals surface area contributed by atoms with Crippen molar-refractivity contribution in [3.05, 3.63) is 0 Å². The van der Waals surface area contributed by atoms with E-state index in [9.17, 15) is 14.4 Å². The highest BCUT2D eigenvalue weighted by atomic mass is 16.5. The molecule has 1 amide bonds. The van der Waals surface area contributed by atoms with Crippen LogP contribution in [0.5, 0.6) is 0 Å². The number of methoxy groups -OCH3 is 1. The fourth-order valence-corrected chi connectivity index (χ4v) is 1.03. The molecule has 0 aliphatic heterocycles. The second-order valence-electron chi connectivity index (χ2n) is 3.20. The van der Waals surface area contributed by atoms with Gasteiger partial charge in [0.05, 0.1) is 19.6 Å². The molecule has 0 aliphatic carbocycles. The third-order valence-electron chi connectivity index (χ3n) is 1.94. The van der Waals surface area contributed by atoms with Gasteiger partial charge in [-0.1, -0.05) is 6.92 Å². The van der Waals surface area contributed by atoms with E-state index in [1.165, 1.54) is 7.11 Å². The molecule has 92 valence electrons. The van der Waals surface area contributed by atoms with Gasteiger partial charge >= 0.3 is 11.9 Å². The normalized spacial score (nSPS) is 13.7. The van der Waals surface area contributed by atoms with E-state index in [-0.39, 0.29) is 0 Å². The van der Waals surface area contributed by atoms with Crippen LogP contribution in [0.1, 0.15) is 19.8 Å². The van der Waals surface area contributed by atoms with Gasteiger partial charge in [-0.3, -0.25) is 9.59 Å². The number of ether oxygens (including phenoxy) is 1. The molecule has 0 saturated heterocycles. The maximum Gasteiger partial charge on any atom is 0.328 e. The van der Waals surface area contributed by atoms with Gasteiger partial charge in [0.25, 0.3) is 0 Å². The van der Waals surface area contributed by atoms with E-state index in [1.807, 2.05) is 0 Å². The lowest BCUT2D eigenvalue weighted by atomic mass is 10.1. The molecule has 0 saturated carbocycles. The van der Waals surface area contributed by atoms with Crippen LogP contribution < -0.4 is 11.1 Å². The molecular formula is C9H16N2O5. The summed E-state index contributed by atoms with van der Waals surface area (Å²) in [7, 11) is 1.20. The van der Waals surface area contributed by atoms with Gasteiger partial charge in [-0.2, -0.15) is 0 Å². The smallest absolute Gasteiger partial charge is 0.328 e. The van der Waals surface area contributed by atoms with E-state index in [0.29, 0.717) is 6.42 Å². The molecule has 0 heterocycles. The summed E-state index contributed by atoms with van der Waals surface area (Å²) < 4.78 is 4.45. The van der Waals surface area contributed by atoms with Gasteiger partial charge in [0.1, 0.15) is 6.04 Å². The third kappa shape index (κ3) is 4.74. The first kappa shape index (κ1) is 14.4. The number of nitrogens with one attached hydrogen (secondary N) is 1. The number of carboxylic acids is 1. The molecule has 0 aromatic rings. The molecule has 7 nitrogen and oxygen atoms in total. The van der Waals surface area contributed by atoms with Gasteiger partial charge in [0.15, 0.2) is 0 Å². The molecule has 0 spiro atoms. The van der Waals surface area contributed by atoms with Gasteiger partial charge < -0.3 is 20.9 Å². The average molecular weight is 232 g/mol. The minimum absolute atomic E-state index is 0.345. The second-order valence-corrected chi connectivity index (χ2v) is 3.20. The Labute approximate surface area is 92.9 Å². The van der Waals surface area contributed by atoms with Gasteiger partial charge in [-0.25, -0.2) is 4.79 Å². The van der Waals surface area contributed by atoms with Crippen molar-refractivity contribution < 1.29 is 24.2 Å². The largest absolute Gasteiger partial charge is 0.481 e. The Hall–Kier alpha value is -1.63. The van der Waals surface area contributed by atoms with Crippen molar-refractivity contribution in [3.63, 3.8) is 0 Å². The van der Waals surface area contributed by atoms with Crippen molar-refractivity contribution in [2.75, 3.05) is 7.11 Å². The molecule has 0 aromatic carbocycles. The van der Waals surface area contributed by atoms with Crippen LogP contribution in [0.4, 0.5) is 0 Å². The molecule has 4 N–H and O–H groups in total. The molecule has 0 unspecified atom stereocenters. The standard InChI is InChI=1S/C9H16N2O5/c1-3-6(9(15)16-2)11-8(14)5(10)4-7(12)13/h5-6H,3-4,10H2,1-2H3,(H,11,14)(H,12,13)/t5-,6+/m1/s1. The zero-order valence-electron chi connectivity index (χ0n) is 9.23. The number of carbonyl (C=O) groups excluding carboxylic acids is 2. The van der Waals surface area contributed by atoms with Crippen LogP contribution in [0.3, 0.4) is 0 Å². The Morgan fingerprint density at radius 2 is 2.00 bits per heavy atom. The molecule has 0 rings (SSSR count). The minimum Gasteiger partial charge on any atom is -0.481 e. The van der Waals surface area contributed by atoms with E-state index in [2.05, 4.69) is 10.1 Å². The molecule has 16 heavy (non-hydrogen) atoms. The van der Waals surface area contributed by atoms with Crippen molar-refractivity contribution >= 4 is 17.8 Å². The van der Waals surface area contributed by atoms with Gasteiger partial charge in [-0.15, -0.1) is 0 Å². The Bertz CT molecular complexity index is 279. The van der Waals surface area contributed by atoms with E-state index in [0.717, 1.165) is 0 Å². The maximum atomic E-state index is 11.4.